The van der Waals surface area contributed by atoms with Crippen LogP contribution in [0.25, 0.3) is 0 Å². The first-order valence-corrected chi connectivity index (χ1v) is 12.3. The Hall–Kier alpha value is -1.70. The Bertz CT molecular complexity index is 642. The fraction of sp³-hybridized carbons (Fsp3) is 0.600. The van der Waals surface area contributed by atoms with Crippen LogP contribution in [0.15, 0.2) is 30.3 Å². The second kappa shape index (κ2) is 8.99. The normalized spacial score (nSPS) is 19.0. The Morgan fingerprint density at radius 1 is 1.22 bits per heavy atom. The van der Waals surface area contributed by atoms with Gasteiger partial charge in [0.15, 0.2) is 8.32 Å². The van der Waals surface area contributed by atoms with E-state index in [9.17, 15) is 9.59 Å². The van der Waals surface area contributed by atoms with Crippen LogP contribution in [0.2, 0.25) is 18.1 Å². The number of hydrogen-bond acceptors (Lipinski definition) is 6. The first-order chi connectivity index (χ1) is 12.6. The molecule has 1 unspecified atom stereocenters. The van der Waals surface area contributed by atoms with Gasteiger partial charge in [-0.3, -0.25) is 4.79 Å². The lowest BCUT2D eigenvalue weighted by atomic mass is 9.99. The molecule has 7 heteroatoms. The predicted octanol–water partition coefficient (Wildman–Crippen LogP) is 4.17. The smallest absolute Gasteiger partial charge is 0.428 e. The van der Waals surface area contributed by atoms with Crippen LogP contribution in [-0.4, -0.2) is 45.0 Å². The number of hydroxylamine groups is 2. The third-order valence-corrected chi connectivity index (χ3v) is 9.84. The second-order valence-electron chi connectivity index (χ2n) is 8.49. The van der Waals surface area contributed by atoms with Crippen LogP contribution in [0.1, 0.15) is 32.8 Å². The highest BCUT2D eigenvalue weighted by atomic mass is 28.4. The third-order valence-electron chi connectivity index (χ3n) is 5.34. The van der Waals surface area contributed by atoms with Crippen molar-refractivity contribution in [1.82, 2.24) is 5.06 Å². The van der Waals surface area contributed by atoms with E-state index >= 15 is 0 Å². The minimum Gasteiger partial charge on any atom is -0.428 e. The standard InChI is InChI=1S/C20H31NO5Si/c1-20(2,3)27(4,5)25-15-17-13-21(12-11-18(17)22)26-19(23)24-14-16-9-7-6-8-10-16/h6-10,17H,11-15H2,1-5H3. The number of hydrogen-bond donors (Lipinski definition) is 0. The van der Waals surface area contributed by atoms with Crippen molar-refractivity contribution in [2.75, 3.05) is 19.7 Å². The second-order valence-corrected chi connectivity index (χ2v) is 13.3. The maximum atomic E-state index is 12.2. The first kappa shape index (κ1) is 21.6. The fourth-order valence-electron chi connectivity index (χ4n) is 2.48. The van der Waals surface area contributed by atoms with E-state index in [1.807, 2.05) is 30.3 Å². The molecule has 0 bridgehead atoms. The quantitative estimate of drug-likeness (QED) is 0.534. The summed E-state index contributed by atoms with van der Waals surface area (Å²) in [4.78, 5) is 29.4. The van der Waals surface area contributed by atoms with E-state index in [-0.39, 0.29) is 23.3 Å². The molecule has 6 nitrogen and oxygen atoms in total. The van der Waals surface area contributed by atoms with E-state index in [1.165, 1.54) is 5.06 Å². The Morgan fingerprint density at radius 2 is 1.89 bits per heavy atom. The molecule has 0 spiro atoms. The van der Waals surface area contributed by atoms with E-state index in [2.05, 4.69) is 33.9 Å². The van der Waals surface area contributed by atoms with Crippen LogP contribution in [0.3, 0.4) is 0 Å². The molecule has 1 aromatic carbocycles. The van der Waals surface area contributed by atoms with Gasteiger partial charge in [0, 0.05) is 26.1 Å². The number of nitrogens with zero attached hydrogens (tertiary/aromatic N) is 1. The molecule has 1 aliphatic heterocycles. The van der Waals surface area contributed by atoms with Crippen LogP contribution in [0, 0.1) is 5.92 Å². The number of rotatable bonds is 6. The Kier molecular flexibility index (Phi) is 7.19. The number of ether oxygens (including phenoxy) is 1. The SMILES string of the molecule is CC(C)(C)[Si](C)(C)OCC1CN(OC(=O)OCc2ccccc2)CCC1=O. The number of carbonyl (C=O) groups excluding carboxylic acids is 2. The predicted molar refractivity (Wildman–Crippen MR) is 106 cm³/mol. The molecule has 0 amide bonds. The lowest BCUT2D eigenvalue weighted by molar-refractivity contribution is -0.162. The van der Waals surface area contributed by atoms with Gasteiger partial charge in [0.2, 0.25) is 0 Å². The lowest BCUT2D eigenvalue weighted by Crippen LogP contribution is -2.47. The van der Waals surface area contributed by atoms with E-state index in [1.54, 1.807) is 0 Å². The van der Waals surface area contributed by atoms with Crippen LogP contribution in [0.5, 0.6) is 0 Å². The summed E-state index contributed by atoms with van der Waals surface area (Å²) in [5, 5.41) is 1.59. The van der Waals surface area contributed by atoms with Gasteiger partial charge < -0.3 is 14.0 Å². The number of carbonyl (C=O) groups is 2. The Morgan fingerprint density at radius 3 is 2.52 bits per heavy atom. The summed E-state index contributed by atoms with van der Waals surface area (Å²) in [5.74, 6) is -0.124. The zero-order valence-corrected chi connectivity index (χ0v) is 18.0. The summed E-state index contributed by atoms with van der Waals surface area (Å²) in [6, 6.07) is 9.42. The third kappa shape index (κ3) is 6.44. The minimum absolute atomic E-state index is 0.0855. The Labute approximate surface area is 162 Å². The van der Waals surface area contributed by atoms with Crippen LogP contribution < -0.4 is 0 Å². The van der Waals surface area contributed by atoms with Crippen molar-refractivity contribution in [3.05, 3.63) is 35.9 Å². The number of Topliss-reactive ketones (excluding diaryl/α,β-unsaturated/α-hetero) is 1. The van der Waals surface area contributed by atoms with Crippen molar-refractivity contribution in [2.24, 2.45) is 5.92 Å². The molecule has 27 heavy (non-hydrogen) atoms. The van der Waals surface area contributed by atoms with Gasteiger partial charge in [0.1, 0.15) is 12.4 Å². The van der Waals surface area contributed by atoms with Gasteiger partial charge >= 0.3 is 6.16 Å². The topological polar surface area (TPSA) is 65.1 Å². The monoisotopic (exact) mass is 393 g/mol. The largest absolute Gasteiger partial charge is 0.528 e. The van der Waals surface area contributed by atoms with Crippen LogP contribution >= 0.6 is 0 Å². The molecule has 1 fully saturated rings. The van der Waals surface area contributed by atoms with Crippen molar-refractivity contribution in [2.45, 2.75) is 51.9 Å². The zero-order valence-electron chi connectivity index (χ0n) is 17.0. The van der Waals surface area contributed by atoms with E-state index < -0.39 is 14.5 Å². The molecule has 1 saturated heterocycles. The summed E-state index contributed by atoms with van der Waals surface area (Å²) in [5.41, 5.74) is 0.893. The van der Waals surface area contributed by atoms with Crippen molar-refractivity contribution in [1.29, 1.82) is 0 Å². The van der Waals surface area contributed by atoms with E-state index in [4.69, 9.17) is 14.0 Å². The lowest BCUT2D eigenvalue weighted by Gasteiger charge is -2.38. The summed E-state index contributed by atoms with van der Waals surface area (Å²) in [6.07, 6.45) is -0.408. The highest BCUT2D eigenvalue weighted by Gasteiger charge is 2.39. The maximum absolute atomic E-state index is 12.2. The molecule has 1 heterocycles. The molecule has 2 rings (SSSR count). The molecule has 0 aromatic heterocycles. The highest BCUT2D eigenvalue weighted by molar-refractivity contribution is 6.74. The number of ketones is 1. The summed E-state index contributed by atoms with van der Waals surface area (Å²) >= 11 is 0. The van der Waals surface area contributed by atoms with Gasteiger partial charge in [-0.1, -0.05) is 51.1 Å². The molecule has 0 aliphatic carbocycles. The minimum atomic E-state index is -1.93. The molecule has 1 atom stereocenters. The Balaban J connectivity index is 1.81. The van der Waals surface area contributed by atoms with Gasteiger partial charge in [-0.25, -0.2) is 4.79 Å². The van der Waals surface area contributed by atoms with Gasteiger partial charge in [0.05, 0.1) is 5.92 Å². The molecule has 1 aromatic rings. The molecular formula is C20H31NO5Si. The van der Waals surface area contributed by atoms with E-state index in [0.29, 0.717) is 26.1 Å². The van der Waals surface area contributed by atoms with Gasteiger partial charge in [-0.2, -0.15) is 0 Å². The van der Waals surface area contributed by atoms with Gasteiger partial charge in [-0.15, -0.1) is 5.06 Å². The fourth-order valence-corrected chi connectivity index (χ4v) is 3.53. The molecule has 0 radical (unpaired) electrons. The summed E-state index contributed by atoms with van der Waals surface area (Å²) in [6.45, 7) is 12.1. The van der Waals surface area contributed by atoms with Crippen LogP contribution in [-0.2, 0) is 25.4 Å². The average Bonchev–Trinajstić information content (AvgIpc) is 2.60. The van der Waals surface area contributed by atoms with Crippen molar-refractivity contribution in [3.8, 4) is 0 Å². The number of piperidine rings is 1. The molecule has 0 N–H and O–H groups in total. The average molecular weight is 394 g/mol. The zero-order chi connectivity index (χ0) is 20.1. The van der Waals surface area contributed by atoms with Crippen molar-refractivity contribution in [3.63, 3.8) is 0 Å². The van der Waals surface area contributed by atoms with Gasteiger partial charge in [0.25, 0.3) is 0 Å². The summed E-state index contributed by atoms with van der Waals surface area (Å²) < 4.78 is 11.3. The number of benzene rings is 1. The highest BCUT2D eigenvalue weighted by Crippen LogP contribution is 2.37. The van der Waals surface area contributed by atoms with Crippen molar-refractivity contribution >= 4 is 20.3 Å². The van der Waals surface area contributed by atoms with Gasteiger partial charge in [-0.05, 0) is 23.7 Å². The van der Waals surface area contributed by atoms with Crippen molar-refractivity contribution < 1.29 is 23.6 Å². The molecule has 1 aliphatic rings. The molecular weight excluding hydrogens is 362 g/mol. The van der Waals surface area contributed by atoms with E-state index in [0.717, 1.165) is 5.56 Å². The summed E-state index contributed by atoms with van der Waals surface area (Å²) in [7, 11) is -1.93. The molecule has 0 saturated carbocycles. The maximum Gasteiger partial charge on any atom is 0.528 e. The first-order valence-electron chi connectivity index (χ1n) is 9.39. The van der Waals surface area contributed by atoms with Crippen LogP contribution in [0.4, 0.5) is 4.79 Å². The molecule has 150 valence electrons.